The molecule has 0 atom stereocenters. The summed E-state index contributed by atoms with van der Waals surface area (Å²) in [6, 6.07) is 9.60. The number of hydrogen-bond acceptors (Lipinski definition) is 4. The quantitative estimate of drug-likeness (QED) is 0.849. The second-order valence-electron chi connectivity index (χ2n) is 6.09. The van der Waals surface area contributed by atoms with Crippen LogP contribution in [0, 0.1) is 6.92 Å². The molecule has 2 aromatic rings. The minimum atomic E-state index is -3.18. The summed E-state index contributed by atoms with van der Waals surface area (Å²) in [6.45, 7) is 5.65. The van der Waals surface area contributed by atoms with Crippen molar-refractivity contribution in [2.45, 2.75) is 32.1 Å². The Kier molecular flexibility index (Phi) is 4.33. The molecular formula is C16H22N2O3S. The molecule has 1 aromatic carbocycles. The van der Waals surface area contributed by atoms with E-state index in [1.165, 1.54) is 6.26 Å². The normalized spacial score (nSPS) is 12.4. The van der Waals surface area contributed by atoms with Gasteiger partial charge in [0.1, 0.15) is 5.75 Å². The lowest BCUT2D eigenvalue weighted by Crippen LogP contribution is -2.36. The zero-order valence-corrected chi connectivity index (χ0v) is 14.4. The Hall–Kier alpha value is -1.82. The number of rotatable bonds is 5. The van der Waals surface area contributed by atoms with Gasteiger partial charge in [0.2, 0.25) is 0 Å². The van der Waals surface area contributed by atoms with Crippen molar-refractivity contribution in [1.82, 2.24) is 9.78 Å². The second-order valence-corrected chi connectivity index (χ2v) is 8.74. The Balaban J connectivity index is 2.42. The minimum Gasteiger partial charge on any atom is -0.497 e. The molecule has 6 heteroatoms. The number of sulfone groups is 1. The van der Waals surface area contributed by atoms with E-state index in [-0.39, 0.29) is 0 Å². The minimum absolute atomic E-state index is 0.307. The molecule has 0 amide bonds. The van der Waals surface area contributed by atoms with Crippen LogP contribution in [0.15, 0.2) is 30.3 Å². The van der Waals surface area contributed by atoms with Gasteiger partial charge in [-0.2, -0.15) is 5.10 Å². The molecule has 2 rings (SSSR count). The molecule has 120 valence electrons. The first kappa shape index (κ1) is 16.5. The summed E-state index contributed by atoms with van der Waals surface area (Å²) in [7, 11) is -1.56. The van der Waals surface area contributed by atoms with E-state index >= 15 is 0 Å². The van der Waals surface area contributed by atoms with E-state index in [4.69, 9.17) is 4.74 Å². The van der Waals surface area contributed by atoms with Gasteiger partial charge in [0.05, 0.1) is 29.8 Å². The van der Waals surface area contributed by atoms with Crippen molar-refractivity contribution in [3.63, 3.8) is 0 Å². The molecule has 0 bridgehead atoms. The van der Waals surface area contributed by atoms with Gasteiger partial charge in [0.25, 0.3) is 0 Å². The van der Waals surface area contributed by atoms with E-state index in [1.54, 1.807) is 25.6 Å². The number of nitrogens with zero attached hydrogens (tertiary/aromatic N) is 2. The van der Waals surface area contributed by atoms with Crippen molar-refractivity contribution < 1.29 is 13.2 Å². The van der Waals surface area contributed by atoms with Gasteiger partial charge in [0.15, 0.2) is 9.84 Å². The number of aryl methyl sites for hydroxylation is 1. The van der Waals surface area contributed by atoms with Gasteiger partial charge in [-0.3, -0.25) is 4.68 Å². The highest BCUT2D eigenvalue weighted by molar-refractivity contribution is 7.92. The molecule has 0 aliphatic heterocycles. The summed E-state index contributed by atoms with van der Waals surface area (Å²) in [5, 5.41) is 4.45. The summed E-state index contributed by atoms with van der Waals surface area (Å²) in [6.07, 6.45) is 1.26. The van der Waals surface area contributed by atoms with Gasteiger partial charge in [-0.1, -0.05) is 0 Å². The van der Waals surface area contributed by atoms with E-state index in [1.807, 2.05) is 37.3 Å². The van der Waals surface area contributed by atoms with Crippen LogP contribution in [-0.2, 0) is 16.4 Å². The Bertz CT molecular complexity index is 759. The summed E-state index contributed by atoms with van der Waals surface area (Å²) >= 11 is 0. The Morgan fingerprint density at radius 2 is 1.82 bits per heavy atom. The third kappa shape index (κ3) is 3.32. The lowest BCUT2D eigenvalue weighted by molar-refractivity contribution is 0.415. The van der Waals surface area contributed by atoms with Crippen LogP contribution < -0.4 is 4.74 Å². The number of hydrogen-bond donors (Lipinski definition) is 0. The molecule has 0 saturated carbocycles. The molecule has 0 N–H and O–H groups in total. The van der Waals surface area contributed by atoms with Gasteiger partial charge in [-0.15, -0.1) is 0 Å². The fourth-order valence-electron chi connectivity index (χ4n) is 2.14. The molecule has 0 aliphatic carbocycles. The molecule has 0 unspecified atom stereocenters. The van der Waals surface area contributed by atoms with Crippen molar-refractivity contribution in [1.29, 1.82) is 0 Å². The van der Waals surface area contributed by atoms with Crippen LogP contribution in [0.25, 0.3) is 11.3 Å². The van der Waals surface area contributed by atoms with E-state index in [2.05, 4.69) is 5.10 Å². The van der Waals surface area contributed by atoms with Crippen molar-refractivity contribution >= 4 is 9.84 Å². The summed E-state index contributed by atoms with van der Waals surface area (Å²) < 4.78 is 29.9. The summed E-state index contributed by atoms with van der Waals surface area (Å²) in [5.74, 6) is 0.781. The largest absolute Gasteiger partial charge is 0.497 e. The fraction of sp³-hybridized carbons (Fsp3) is 0.438. The Labute approximate surface area is 131 Å². The lowest BCUT2D eigenvalue weighted by atomic mass is 10.1. The standard InChI is InChI=1S/C16H22N2O3S/c1-12-10-15(13-6-8-14(21-4)9-7-13)18(17-12)11-16(2,3)22(5,19)20/h6-10H,11H2,1-5H3. The molecule has 1 heterocycles. The smallest absolute Gasteiger partial charge is 0.154 e. The van der Waals surface area contributed by atoms with Crippen LogP contribution in [0.2, 0.25) is 0 Å². The first-order valence-corrected chi connectivity index (χ1v) is 8.92. The second kappa shape index (κ2) is 5.76. The van der Waals surface area contributed by atoms with Crippen LogP contribution in [0.3, 0.4) is 0 Å². The first-order chi connectivity index (χ1) is 10.1. The van der Waals surface area contributed by atoms with E-state index < -0.39 is 14.6 Å². The van der Waals surface area contributed by atoms with E-state index in [0.29, 0.717) is 6.54 Å². The molecule has 0 saturated heterocycles. The molecule has 0 spiro atoms. The van der Waals surface area contributed by atoms with E-state index in [0.717, 1.165) is 22.7 Å². The van der Waals surface area contributed by atoms with Gasteiger partial charge < -0.3 is 4.74 Å². The van der Waals surface area contributed by atoms with E-state index in [9.17, 15) is 8.42 Å². The number of aromatic nitrogens is 2. The van der Waals surface area contributed by atoms with Gasteiger partial charge in [0, 0.05) is 11.8 Å². The highest BCUT2D eigenvalue weighted by Crippen LogP contribution is 2.26. The van der Waals surface area contributed by atoms with Crippen molar-refractivity contribution in [3.05, 3.63) is 36.0 Å². The van der Waals surface area contributed by atoms with Crippen LogP contribution >= 0.6 is 0 Å². The molecule has 0 radical (unpaired) electrons. The monoisotopic (exact) mass is 322 g/mol. The average molecular weight is 322 g/mol. The summed E-state index contributed by atoms with van der Waals surface area (Å²) in [4.78, 5) is 0. The van der Waals surface area contributed by atoms with Crippen molar-refractivity contribution in [3.8, 4) is 17.0 Å². The summed E-state index contributed by atoms with van der Waals surface area (Å²) in [5.41, 5.74) is 2.73. The third-order valence-corrected chi connectivity index (χ3v) is 5.96. The average Bonchev–Trinajstić information content (AvgIpc) is 2.77. The molecule has 0 fully saturated rings. The first-order valence-electron chi connectivity index (χ1n) is 7.02. The highest BCUT2D eigenvalue weighted by Gasteiger charge is 2.31. The Morgan fingerprint density at radius 3 is 2.32 bits per heavy atom. The van der Waals surface area contributed by atoms with Crippen LogP contribution in [0.5, 0.6) is 5.75 Å². The molecule has 22 heavy (non-hydrogen) atoms. The predicted molar refractivity (Wildman–Crippen MR) is 87.9 cm³/mol. The van der Waals surface area contributed by atoms with Gasteiger partial charge in [-0.25, -0.2) is 8.42 Å². The van der Waals surface area contributed by atoms with Crippen molar-refractivity contribution in [2.75, 3.05) is 13.4 Å². The molecule has 5 nitrogen and oxygen atoms in total. The predicted octanol–water partition coefficient (Wildman–Crippen LogP) is 2.69. The SMILES string of the molecule is COc1ccc(-c2cc(C)nn2CC(C)(C)S(C)(=O)=O)cc1. The lowest BCUT2D eigenvalue weighted by Gasteiger charge is -2.23. The van der Waals surface area contributed by atoms with Gasteiger partial charge >= 0.3 is 0 Å². The molecule has 1 aromatic heterocycles. The topological polar surface area (TPSA) is 61.2 Å². The Morgan fingerprint density at radius 1 is 1.23 bits per heavy atom. The highest BCUT2D eigenvalue weighted by atomic mass is 32.2. The maximum Gasteiger partial charge on any atom is 0.154 e. The van der Waals surface area contributed by atoms with Crippen LogP contribution in [0.4, 0.5) is 0 Å². The zero-order valence-electron chi connectivity index (χ0n) is 13.6. The van der Waals surface area contributed by atoms with Crippen molar-refractivity contribution in [2.24, 2.45) is 0 Å². The van der Waals surface area contributed by atoms with Crippen LogP contribution in [-0.4, -0.2) is 36.3 Å². The number of benzene rings is 1. The number of methoxy groups -OCH3 is 1. The van der Waals surface area contributed by atoms with Crippen LogP contribution in [0.1, 0.15) is 19.5 Å². The zero-order chi connectivity index (χ0) is 16.5. The van der Waals surface area contributed by atoms with Gasteiger partial charge in [-0.05, 0) is 51.1 Å². The number of ether oxygens (including phenoxy) is 1. The third-order valence-electron chi connectivity index (χ3n) is 3.82. The maximum absolute atomic E-state index is 11.9. The molecule has 0 aliphatic rings. The molecular weight excluding hydrogens is 300 g/mol. The maximum atomic E-state index is 11.9. The fourth-order valence-corrected chi connectivity index (χ4v) is 2.49.